The zero-order chi connectivity index (χ0) is 17.7. The van der Waals surface area contributed by atoms with Gasteiger partial charge in [0.2, 0.25) is 5.56 Å². The van der Waals surface area contributed by atoms with Gasteiger partial charge in [-0.05, 0) is 38.4 Å². The third kappa shape index (κ3) is 2.47. The van der Waals surface area contributed by atoms with E-state index < -0.39 is 0 Å². The Balaban J connectivity index is 1.44. The van der Waals surface area contributed by atoms with Crippen molar-refractivity contribution in [3.8, 4) is 0 Å². The minimum atomic E-state index is -0.249. The summed E-state index contributed by atoms with van der Waals surface area (Å²) < 4.78 is 5.94. The van der Waals surface area contributed by atoms with E-state index in [0.29, 0.717) is 17.0 Å². The average Bonchev–Trinajstić information content (AvgIpc) is 3.30. The molecule has 5 rings (SSSR count). The number of hydrogen-bond donors (Lipinski definition) is 2. The molecule has 1 amide bonds. The van der Waals surface area contributed by atoms with Crippen molar-refractivity contribution in [2.24, 2.45) is 5.92 Å². The molecule has 4 atom stereocenters. The Morgan fingerprint density at radius 2 is 2.04 bits per heavy atom. The zero-order valence-corrected chi connectivity index (χ0v) is 14.6. The van der Waals surface area contributed by atoms with E-state index >= 15 is 0 Å². The van der Waals surface area contributed by atoms with Crippen molar-refractivity contribution in [3.63, 3.8) is 0 Å². The molecular weight excluding hydrogens is 330 g/mol. The van der Waals surface area contributed by atoms with Crippen LogP contribution in [0.15, 0.2) is 35.1 Å². The molecule has 2 saturated heterocycles. The van der Waals surface area contributed by atoms with Crippen LogP contribution in [0.3, 0.4) is 0 Å². The van der Waals surface area contributed by atoms with E-state index in [1.54, 1.807) is 0 Å². The highest BCUT2D eigenvalue weighted by atomic mass is 16.5. The van der Waals surface area contributed by atoms with E-state index in [0.717, 1.165) is 31.5 Å². The lowest BCUT2D eigenvalue weighted by Gasteiger charge is -2.51. The highest BCUT2D eigenvalue weighted by molar-refractivity contribution is 6.06. The summed E-state index contributed by atoms with van der Waals surface area (Å²) in [5.74, 6) is 0.227. The second-order valence-corrected chi connectivity index (χ2v) is 7.61. The topological polar surface area (TPSA) is 74.4 Å². The molecule has 6 nitrogen and oxygen atoms in total. The molecule has 6 heteroatoms. The fraction of sp³-hybridized carbons (Fsp3) is 0.500. The number of rotatable bonds is 3. The number of carbonyl (C=O) groups is 1. The Kier molecular flexibility index (Phi) is 3.83. The van der Waals surface area contributed by atoms with Crippen molar-refractivity contribution in [1.29, 1.82) is 0 Å². The number of hydrogen-bond acceptors (Lipinski definition) is 4. The van der Waals surface area contributed by atoms with Gasteiger partial charge in [-0.3, -0.25) is 14.5 Å². The van der Waals surface area contributed by atoms with Crippen molar-refractivity contribution in [2.45, 2.75) is 37.5 Å². The largest absolute Gasteiger partial charge is 0.376 e. The highest BCUT2D eigenvalue weighted by Gasteiger charge is 2.56. The molecule has 2 aliphatic heterocycles. The van der Waals surface area contributed by atoms with Gasteiger partial charge >= 0.3 is 0 Å². The number of pyridine rings is 1. The van der Waals surface area contributed by atoms with Crippen LogP contribution in [-0.2, 0) is 4.74 Å². The number of H-pyrrole nitrogens is 1. The standard InChI is InChI=1S/C20H23N3O3/c24-16-11-14(12-5-1-2-6-15(12)21-16)20(25)22-17-13-7-10-26-19(13)18(17)23-8-3-4-9-23/h1-2,5-6,11,13,17-19H,3-4,7-10H2,(H,21,24)(H,22,25)/t13-,17+,18-,19-/m1/s1. The number of likely N-dealkylation sites (tertiary alicyclic amines) is 1. The second kappa shape index (κ2) is 6.21. The van der Waals surface area contributed by atoms with Crippen molar-refractivity contribution < 1.29 is 9.53 Å². The van der Waals surface area contributed by atoms with Crippen LogP contribution in [-0.4, -0.2) is 53.7 Å². The summed E-state index contributed by atoms with van der Waals surface area (Å²) in [5.41, 5.74) is 0.893. The SMILES string of the molecule is O=C(N[C@H]1[C@H]2CCO[C@H]2[C@@H]1N1CCCC1)c1cc(=O)[nH]c2ccccc12. The average molecular weight is 353 g/mol. The monoisotopic (exact) mass is 353 g/mol. The Hall–Kier alpha value is -2.18. The molecule has 3 fully saturated rings. The highest BCUT2D eigenvalue weighted by Crippen LogP contribution is 2.43. The number of nitrogens with zero attached hydrogens (tertiary/aromatic N) is 1. The molecule has 0 spiro atoms. The Labute approximate surface area is 151 Å². The van der Waals surface area contributed by atoms with Crippen LogP contribution in [0, 0.1) is 5.92 Å². The summed E-state index contributed by atoms with van der Waals surface area (Å²) in [7, 11) is 0. The molecule has 0 bridgehead atoms. The predicted octanol–water partition coefficient (Wildman–Crippen LogP) is 1.51. The molecule has 1 saturated carbocycles. The van der Waals surface area contributed by atoms with E-state index in [-0.39, 0.29) is 29.7 Å². The fourth-order valence-corrected chi connectivity index (χ4v) is 4.96. The number of carbonyl (C=O) groups excluding carboxylic acids is 1. The number of ether oxygens (including phenoxy) is 1. The molecule has 26 heavy (non-hydrogen) atoms. The second-order valence-electron chi connectivity index (χ2n) is 7.61. The molecule has 1 aromatic heterocycles. The van der Waals surface area contributed by atoms with Gasteiger partial charge in [0.1, 0.15) is 0 Å². The maximum atomic E-state index is 13.0. The van der Waals surface area contributed by atoms with Gasteiger partial charge in [-0.2, -0.15) is 0 Å². The van der Waals surface area contributed by atoms with E-state index in [9.17, 15) is 9.59 Å². The van der Waals surface area contributed by atoms with Gasteiger partial charge in [-0.25, -0.2) is 0 Å². The Bertz CT molecular complexity index is 898. The molecule has 136 valence electrons. The van der Waals surface area contributed by atoms with Gasteiger partial charge < -0.3 is 15.0 Å². The number of benzene rings is 1. The third-order valence-corrected chi connectivity index (χ3v) is 6.20. The fourth-order valence-electron chi connectivity index (χ4n) is 4.96. The lowest BCUT2D eigenvalue weighted by molar-refractivity contribution is -0.0747. The lowest BCUT2D eigenvalue weighted by atomic mass is 9.70. The summed E-state index contributed by atoms with van der Waals surface area (Å²) in [6.07, 6.45) is 3.67. The number of nitrogens with one attached hydrogen (secondary N) is 2. The summed E-state index contributed by atoms with van der Waals surface area (Å²) in [5, 5.41) is 4.02. The van der Waals surface area contributed by atoms with E-state index in [4.69, 9.17) is 4.74 Å². The van der Waals surface area contributed by atoms with Gasteiger partial charge in [0.15, 0.2) is 0 Å². The molecule has 1 aromatic carbocycles. The van der Waals surface area contributed by atoms with Crippen LogP contribution >= 0.6 is 0 Å². The summed E-state index contributed by atoms with van der Waals surface area (Å²) >= 11 is 0. The number of fused-ring (bicyclic) bond motifs is 2. The van der Waals surface area contributed by atoms with Crippen molar-refractivity contribution in [3.05, 3.63) is 46.2 Å². The first-order valence-electron chi connectivity index (χ1n) is 9.51. The maximum absolute atomic E-state index is 13.0. The minimum absolute atomic E-state index is 0.103. The van der Waals surface area contributed by atoms with Gasteiger partial charge in [0.05, 0.1) is 23.8 Å². The van der Waals surface area contributed by atoms with E-state index in [2.05, 4.69) is 15.2 Å². The van der Waals surface area contributed by atoms with Crippen LogP contribution in [0.4, 0.5) is 0 Å². The van der Waals surface area contributed by atoms with Crippen molar-refractivity contribution >= 4 is 16.8 Å². The molecule has 0 radical (unpaired) electrons. The van der Waals surface area contributed by atoms with E-state index in [1.807, 2.05) is 24.3 Å². The number of aromatic nitrogens is 1. The first-order valence-corrected chi connectivity index (χ1v) is 9.51. The lowest BCUT2D eigenvalue weighted by Crippen LogP contribution is -2.70. The van der Waals surface area contributed by atoms with Crippen LogP contribution in [0.1, 0.15) is 29.6 Å². The third-order valence-electron chi connectivity index (χ3n) is 6.20. The molecule has 3 aliphatic rings. The van der Waals surface area contributed by atoms with Crippen LogP contribution in [0.25, 0.3) is 10.9 Å². The molecule has 3 heterocycles. The number of para-hydroxylation sites is 1. The molecule has 2 aromatic rings. The molecule has 0 unspecified atom stereocenters. The molecule has 2 N–H and O–H groups in total. The minimum Gasteiger partial charge on any atom is -0.376 e. The van der Waals surface area contributed by atoms with Gasteiger partial charge in [0, 0.05) is 29.5 Å². The summed E-state index contributed by atoms with van der Waals surface area (Å²) in [6.45, 7) is 2.94. The summed E-state index contributed by atoms with van der Waals surface area (Å²) in [6, 6.07) is 9.22. The number of aromatic amines is 1. The van der Waals surface area contributed by atoms with Crippen LogP contribution in [0.2, 0.25) is 0 Å². The van der Waals surface area contributed by atoms with Gasteiger partial charge in [-0.15, -0.1) is 0 Å². The Morgan fingerprint density at radius 1 is 1.23 bits per heavy atom. The predicted molar refractivity (Wildman–Crippen MR) is 98.3 cm³/mol. The van der Waals surface area contributed by atoms with Gasteiger partial charge in [-0.1, -0.05) is 18.2 Å². The zero-order valence-electron chi connectivity index (χ0n) is 14.6. The van der Waals surface area contributed by atoms with E-state index in [1.165, 1.54) is 18.9 Å². The normalized spacial score (nSPS) is 30.9. The molecule has 1 aliphatic carbocycles. The maximum Gasteiger partial charge on any atom is 0.252 e. The number of amides is 1. The van der Waals surface area contributed by atoms with Crippen LogP contribution < -0.4 is 10.9 Å². The summed E-state index contributed by atoms with van der Waals surface area (Å²) in [4.78, 5) is 30.3. The smallest absolute Gasteiger partial charge is 0.252 e. The van der Waals surface area contributed by atoms with Crippen molar-refractivity contribution in [1.82, 2.24) is 15.2 Å². The van der Waals surface area contributed by atoms with Crippen LogP contribution in [0.5, 0.6) is 0 Å². The van der Waals surface area contributed by atoms with Gasteiger partial charge in [0.25, 0.3) is 5.91 Å². The van der Waals surface area contributed by atoms with Crippen molar-refractivity contribution in [2.75, 3.05) is 19.7 Å². The quantitative estimate of drug-likeness (QED) is 0.877. The Morgan fingerprint density at radius 3 is 2.88 bits per heavy atom. The first kappa shape index (κ1) is 16.0. The first-order chi connectivity index (χ1) is 12.7. The molecular formula is C20H23N3O3.